The smallest absolute Gasteiger partial charge is 0.111 e. The maximum Gasteiger partial charge on any atom is 0.111 e. The average molecular weight is 618 g/mol. The molecule has 2 aliphatic heterocycles. The lowest BCUT2D eigenvalue weighted by Gasteiger charge is -2.39. The number of hydrogen-bond acceptors (Lipinski definition) is 3. The average Bonchev–Trinajstić information content (AvgIpc) is 3.64. The molecule has 0 saturated heterocycles. The number of anilines is 2. The van der Waals surface area contributed by atoms with E-state index < -0.39 is 0 Å². The summed E-state index contributed by atoms with van der Waals surface area (Å²) in [4.78, 5) is 0. The molecule has 0 amide bonds. The Morgan fingerprint density at radius 3 is 1.90 bits per heavy atom. The van der Waals surface area contributed by atoms with Crippen molar-refractivity contribution >= 4 is 77.1 Å². The summed E-state index contributed by atoms with van der Waals surface area (Å²) in [6, 6.07) is 48.6. The molecule has 3 N–H and O–H groups in total. The van der Waals surface area contributed by atoms with Crippen LogP contribution in [0.1, 0.15) is 11.6 Å². The Balaban J connectivity index is 1.13. The fourth-order valence-electron chi connectivity index (χ4n) is 8.59. The lowest BCUT2D eigenvalue weighted by atomic mass is 9.89. The molecule has 0 spiro atoms. The molecule has 228 valence electrons. The second-order valence-corrected chi connectivity index (χ2v) is 13.1. The normalized spacial score (nSPS) is 17.8. The molecule has 2 atom stereocenters. The molecule has 3 aromatic heterocycles. The quantitative estimate of drug-likeness (QED) is 0.185. The largest absolute Gasteiger partial charge is 0.374 e. The first-order valence-corrected chi connectivity index (χ1v) is 16.7. The van der Waals surface area contributed by atoms with E-state index in [9.17, 15) is 0 Å². The van der Waals surface area contributed by atoms with Gasteiger partial charge in [0, 0.05) is 33.5 Å². The standard InChI is InChI=1S/C43H31N5/c1-2-11-26(12-3-1)41-42(46-33-18-6-5-17-32(33)45-41)27-23-24-38(44-25-27)47-35-20-9-14-29-31-16-8-15-30-28-13-4-7-19-34(28)48(43(30)31)37-22-10-21-36(47)40(37)39(29)35/h1-24,41-42,44-46H,25H2. The Labute approximate surface area is 276 Å². The van der Waals surface area contributed by atoms with Gasteiger partial charge in [0.2, 0.25) is 0 Å². The SMILES string of the molecule is C1=C(C2Nc3ccccc3NC2c2ccccc2)CNC(n2c3cccc4c5cccc6c7ccccc7n(c7cccc2c7c43)c56)=C1. The van der Waals surface area contributed by atoms with Gasteiger partial charge < -0.3 is 20.4 Å². The first-order valence-electron chi connectivity index (χ1n) is 16.7. The molecule has 5 nitrogen and oxygen atoms in total. The highest BCUT2D eigenvalue weighted by atomic mass is 15.2. The van der Waals surface area contributed by atoms with Crippen LogP contribution in [0.3, 0.4) is 0 Å². The van der Waals surface area contributed by atoms with E-state index in [-0.39, 0.29) is 12.1 Å². The number of aromatic nitrogens is 2. The number of benzene rings is 6. The van der Waals surface area contributed by atoms with E-state index >= 15 is 0 Å². The topological polar surface area (TPSA) is 45.4 Å². The number of allylic oxidation sites excluding steroid dienone is 2. The number of fused-ring (bicyclic) bond motifs is 6. The molecule has 0 bridgehead atoms. The summed E-state index contributed by atoms with van der Waals surface area (Å²) in [5.41, 5.74) is 11.0. The molecule has 48 heavy (non-hydrogen) atoms. The molecule has 5 heterocycles. The second kappa shape index (κ2) is 9.66. The minimum Gasteiger partial charge on any atom is -0.374 e. The molecule has 5 heteroatoms. The van der Waals surface area contributed by atoms with Crippen molar-refractivity contribution in [3.63, 3.8) is 0 Å². The summed E-state index contributed by atoms with van der Waals surface area (Å²) in [7, 11) is 0. The summed E-state index contributed by atoms with van der Waals surface area (Å²) in [5, 5.41) is 19.3. The first kappa shape index (κ1) is 25.9. The lowest BCUT2D eigenvalue weighted by molar-refractivity contribution is 0.646. The van der Waals surface area contributed by atoms with E-state index in [1.165, 1.54) is 71.0 Å². The highest BCUT2D eigenvalue weighted by molar-refractivity contribution is 6.31. The Morgan fingerprint density at radius 1 is 0.479 bits per heavy atom. The second-order valence-electron chi connectivity index (χ2n) is 13.1. The fourth-order valence-corrected chi connectivity index (χ4v) is 8.59. The van der Waals surface area contributed by atoms with Crippen LogP contribution < -0.4 is 16.0 Å². The van der Waals surface area contributed by atoms with Gasteiger partial charge in [0.05, 0.1) is 51.0 Å². The summed E-state index contributed by atoms with van der Waals surface area (Å²) >= 11 is 0. The summed E-state index contributed by atoms with van der Waals surface area (Å²) < 4.78 is 4.93. The number of nitrogens with zero attached hydrogens (tertiary/aromatic N) is 2. The fraction of sp³-hybridized carbons (Fsp3) is 0.0698. The molecule has 9 aromatic rings. The van der Waals surface area contributed by atoms with Crippen LogP contribution in [0.25, 0.3) is 65.7 Å². The van der Waals surface area contributed by atoms with Crippen LogP contribution in [0, 0.1) is 0 Å². The van der Waals surface area contributed by atoms with Crippen LogP contribution in [-0.2, 0) is 0 Å². The van der Waals surface area contributed by atoms with Crippen LogP contribution in [0.5, 0.6) is 0 Å². The number of nitrogens with one attached hydrogen (secondary N) is 3. The molecule has 6 aromatic carbocycles. The van der Waals surface area contributed by atoms with Gasteiger partial charge in [-0.15, -0.1) is 0 Å². The van der Waals surface area contributed by atoms with Gasteiger partial charge in [0.25, 0.3) is 0 Å². The van der Waals surface area contributed by atoms with Crippen molar-refractivity contribution in [3.8, 4) is 0 Å². The molecule has 0 aliphatic carbocycles. The third-order valence-electron chi connectivity index (χ3n) is 10.6. The molecular formula is C43H31N5. The summed E-state index contributed by atoms with van der Waals surface area (Å²) in [5.74, 6) is 1.09. The van der Waals surface area contributed by atoms with Gasteiger partial charge in [-0.2, -0.15) is 0 Å². The van der Waals surface area contributed by atoms with Crippen LogP contribution in [0.2, 0.25) is 0 Å². The van der Waals surface area contributed by atoms with Crippen molar-refractivity contribution in [2.75, 3.05) is 17.2 Å². The van der Waals surface area contributed by atoms with E-state index in [0.717, 1.165) is 23.7 Å². The van der Waals surface area contributed by atoms with E-state index in [2.05, 4.69) is 171 Å². The lowest BCUT2D eigenvalue weighted by Crippen LogP contribution is -2.41. The third kappa shape index (κ3) is 3.45. The minimum atomic E-state index is 0.0930. The zero-order chi connectivity index (χ0) is 31.3. The van der Waals surface area contributed by atoms with Crippen molar-refractivity contribution in [2.24, 2.45) is 0 Å². The van der Waals surface area contributed by atoms with Gasteiger partial charge in [-0.05, 0) is 59.0 Å². The van der Waals surface area contributed by atoms with Gasteiger partial charge in [-0.1, -0.05) is 103 Å². The predicted molar refractivity (Wildman–Crippen MR) is 201 cm³/mol. The van der Waals surface area contributed by atoms with Crippen molar-refractivity contribution in [2.45, 2.75) is 12.1 Å². The summed E-state index contributed by atoms with van der Waals surface area (Å²) in [6.45, 7) is 0.739. The Morgan fingerprint density at radius 2 is 1.08 bits per heavy atom. The Kier molecular flexibility index (Phi) is 5.22. The van der Waals surface area contributed by atoms with Crippen molar-refractivity contribution in [1.29, 1.82) is 0 Å². The molecule has 0 fully saturated rings. The Hall–Kier alpha value is -6.20. The zero-order valence-corrected chi connectivity index (χ0v) is 26.1. The van der Waals surface area contributed by atoms with Gasteiger partial charge in [-0.3, -0.25) is 4.57 Å². The van der Waals surface area contributed by atoms with Gasteiger partial charge >= 0.3 is 0 Å². The van der Waals surface area contributed by atoms with Crippen molar-refractivity contribution in [3.05, 3.63) is 157 Å². The number of dihydropyridines is 1. The predicted octanol–water partition coefficient (Wildman–Crippen LogP) is 9.92. The zero-order valence-electron chi connectivity index (χ0n) is 26.1. The number of hydrogen-bond donors (Lipinski definition) is 3. The van der Waals surface area contributed by atoms with Gasteiger partial charge in [-0.25, -0.2) is 0 Å². The van der Waals surface area contributed by atoms with E-state index in [4.69, 9.17) is 0 Å². The maximum atomic E-state index is 3.88. The highest BCUT2D eigenvalue weighted by Gasteiger charge is 2.32. The highest BCUT2D eigenvalue weighted by Crippen LogP contribution is 2.44. The monoisotopic (exact) mass is 617 g/mol. The molecule has 0 radical (unpaired) electrons. The molecule has 11 rings (SSSR count). The van der Waals surface area contributed by atoms with E-state index in [0.29, 0.717) is 0 Å². The molecule has 0 saturated carbocycles. The van der Waals surface area contributed by atoms with Crippen LogP contribution >= 0.6 is 0 Å². The van der Waals surface area contributed by atoms with Gasteiger partial charge in [0.1, 0.15) is 5.82 Å². The van der Waals surface area contributed by atoms with Crippen LogP contribution in [0.15, 0.2) is 151 Å². The maximum absolute atomic E-state index is 3.88. The number of rotatable bonds is 3. The Bertz CT molecular complexity index is 2800. The summed E-state index contributed by atoms with van der Waals surface area (Å²) in [6.07, 6.45) is 4.59. The van der Waals surface area contributed by atoms with E-state index in [1.807, 2.05) is 0 Å². The molecule has 2 unspecified atom stereocenters. The van der Waals surface area contributed by atoms with Crippen LogP contribution in [-0.4, -0.2) is 21.6 Å². The van der Waals surface area contributed by atoms with E-state index in [1.54, 1.807) is 0 Å². The van der Waals surface area contributed by atoms with Crippen LogP contribution in [0.4, 0.5) is 11.4 Å². The van der Waals surface area contributed by atoms with Crippen molar-refractivity contribution in [1.82, 2.24) is 14.3 Å². The molecular weight excluding hydrogens is 587 g/mol. The minimum absolute atomic E-state index is 0.0930. The van der Waals surface area contributed by atoms with Gasteiger partial charge in [0.15, 0.2) is 0 Å². The third-order valence-corrected chi connectivity index (χ3v) is 10.6. The van der Waals surface area contributed by atoms with Crippen molar-refractivity contribution < 1.29 is 0 Å². The molecule has 2 aliphatic rings. The first-order chi connectivity index (χ1) is 23.8. The number of para-hydroxylation sites is 4.